The van der Waals surface area contributed by atoms with Crippen molar-refractivity contribution in [2.75, 3.05) is 26.8 Å². The van der Waals surface area contributed by atoms with Crippen LogP contribution in [-0.4, -0.2) is 47.4 Å². The molecule has 1 heterocycles. The predicted molar refractivity (Wildman–Crippen MR) is 74.9 cm³/mol. The molecule has 0 bridgehead atoms. The number of amides is 1. The van der Waals surface area contributed by atoms with Gasteiger partial charge in [-0.15, -0.1) is 0 Å². The van der Waals surface area contributed by atoms with Gasteiger partial charge in [-0.05, 0) is 18.4 Å². The number of hydrogen-bond acceptors (Lipinski definition) is 3. The first-order chi connectivity index (χ1) is 9.02. The Morgan fingerprint density at radius 3 is 2.79 bits per heavy atom. The molecule has 1 amide bonds. The van der Waals surface area contributed by atoms with E-state index in [9.17, 15) is 4.79 Å². The zero-order valence-electron chi connectivity index (χ0n) is 12.4. The second-order valence-electron chi connectivity index (χ2n) is 5.26. The first-order valence-corrected chi connectivity index (χ1v) is 6.78. The Morgan fingerprint density at radius 1 is 1.53 bits per heavy atom. The van der Waals surface area contributed by atoms with Gasteiger partial charge in [-0.3, -0.25) is 9.48 Å². The maximum Gasteiger partial charge on any atom is 0.224 e. The summed E-state index contributed by atoms with van der Waals surface area (Å²) in [6.07, 6.45) is 4.24. The average Bonchev–Trinajstić information content (AvgIpc) is 2.77. The van der Waals surface area contributed by atoms with E-state index in [0.29, 0.717) is 32.0 Å². The molecule has 0 aliphatic carbocycles. The number of methoxy groups -OCH3 is 1. The second kappa shape index (κ2) is 7.94. The van der Waals surface area contributed by atoms with Crippen molar-refractivity contribution in [3.05, 3.63) is 18.0 Å². The topological polar surface area (TPSA) is 47.4 Å². The van der Waals surface area contributed by atoms with E-state index in [-0.39, 0.29) is 5.91 Å². The molecule has 0 aromatic carbocycles. The van der Waals surface area contributed by atoms with E-state index in [0.717, 1.165) is 12.1 Å². The van der Waals surface area contributed by atoms with Gasteiger partial charge in [-0.25, -0.2) is 0 Å². The lowest BCUT2D eigenvalue weighted by Gasteiger charge is -2.24. The van der Waals surface area contributed by atoms with Gasteiger partial charge in [0.05, 0.1) is 12.8 Å². The van der Waals surface area contributed by atoms with Crippen molar-refractivity contribution in [1.82, 2.24) is 14.7 Å². The molecule has 0 fully saturated rings. The van der Waals surface area contributed by atoms with E-state index >= 15 is 0 Å². The zero-order chi connectivity index (χ0) is 14.3. The second-order valence-corrected chi connectivity index (χ2v) is 5.26. The number of carbonyl (C=O) groups is 1. The van der Waals surface area contributed by atoms with Crippen molar-refractivity contribution < 1.29 is 9.53 Å². The Morgan fingerprint density at radius 2 is 2.26 bits per heavy atom. The summed E-state index contributed by atoms with van der Waals surface area (Å²) in [6, 6.07) is 0. The number of ether oxygens (including phenoxy) is 1. The number of hydrogen-bond donors (Lipinski definition) is 0. The summed E-state index contributed by atoms with van der Waals surface area (Å²) in [7, 11) is 1.66. The summed E-state index contributed by atoms with van der Waals surface area (Å²) in [5.41, 5.74) is 1.12. The Balaban J connectivity index is 2.46. The van der Waals surface area contributed by atoms with Crippen LogP contribution >= 0.6 is 0 Å². The highest BCUT2D eigenvalue weighted by Crippen LogP contribution is 2.03. The minimum Gasteiger partial charge on any atom is -0.383 e. The van der Waals surface area contributed by atoms with E-state index in [1.54, 1.807) is 13.3 Å². The molecule has 0 atom stereocenters. The van der Waals surface area contributed by atoms with Gasteiger partial charge in [-0.2, -0.15) is 5.10 Å². The summed E-state index contributed by atoms with van der Waals surface area (Å²) in [6.45, 7) is 8.88. The maximum absolute atomic E-state index is 12.2. The molecule has 0 saturated heterocycles. The summed E-state index contributed by atoms with van der Waals surface area (Å²) in [5.74, 6) is 0.631. The van der Waals surface area contributed by atoms with Crippen LogP contribution in [0.3, 0.4) is 0 Å². The van der Waals surface area contributed by atoms with Crippen LogP contribution in [0, 0.1) is 12.8 Å². The molecule has 0 aliphatic heterocycles. The highest BCUT2D eigenvalue weighted by Gasteiger charge is 2.14. The first-order valence-electron chi connectivity index (χ1n) is 6.78. The molecule has 5 heteroatoms. The van der Waals surface area contributed by atoms with Gasteiger partial charge in [0.1, 0.15) is 0 Å². The highest BCUT2D eigenvalue weighted by atomic mass is 16.5. The lowest BCUT2D eigenvalue weighted by molar-refractivity contribution is -0.132. The fourth-order valence-corrected chi connectivity index (χ4v) is 1.92. The molecule has 0 spiro atoms. The van der Waals surface area contributed by atoms with Crippen molar-refractivity contribution >= 4 is 5.91 Å². The quantitative estimate of drug-likeness (QED) is 0.720. The smallest absolute Gasteiger partial charge is 0.224 e. The van der Waals surface area contributed by atoms with Crippen LogP contribution in [0.25, 0.3) is 0 Å². The zero-order valence-corrected chi connectivity index (χ0v) is 12.4. The van der Waals surface area contributed by atoms with E-state index in [1.807, 2.05) is 22.7 Å². The lowest BCUT2D eigenvalue weighted by atomic mass is 10.2. The van der Waals surface area contributed by atoms with E-state index in [2.05, 4.69) is 18.9 Å². The van der Waals surface area contributed by atoms with Crippen molar-refractivity contribution in [2.45, 2.75) is 33.7 Å². The van der Waals surface area contributed by atoms with Gasteiger partial charge in [-0.1, -0.05) is 13.8 Å². The van der Waals surface area contributed by atoms with Gasteiger partial charge < -0.3 is 9.64 Å². The monoisotopic (exact) mass is 267 g/mol. The number of aryl methyl sites for hydroxylation is 2. The van der Waals surface area contributed by atoms with Crippen molar-refractivity contribution in [3.63, 3.8) is 0 Å². The summed E-state index contributed by atoms with van der Waals surface area (Å²) in [4.78, 5) is 14.1. The van der Waals surface area contributed by atoms with Gasteiger partial charge in [0.15, 0.2) is 0 Å². The molecule has 1 aromatic heterocycles. The Kier molecular flexibility index (Phi) is 6.56. The fraction of sp³-hybridized carbons (Fsp3) is 0.714. The molecule has 108 valence electrons. The van der Waals surface area contributed by atoms with Crippen LogP contribution in [0.4, 0.5) is 0 Å². The molecule has 1 rings (SSSR count). The van der Waals surface area contributed by atoms with Crippen LogP contribution in [-0.2, 0) is 16.1 Å². The number of aromatic nitrogens is 2. The normalized spacial score (nSPS) is 11.0. The molecular formula is C14H25N3O2. The summed E-state index contributed by atoms with van der Waals surface area (Å²) in [5, 5.41) is 4.19. The van der Waals surface area contributed by atoms with E-state index in [4.69, 9.17) is 4.74 Å². The molecule has 5 nitrogen and oxygen atoms in total. The molecular weight excluding hydrogens is 242 g/mol. The van der Waals surface area contributed by atoms with Crippen molar-refractivity contribution in [1.29, 1.82) is 0 Å². The minimum absolute atomic E-state index is 0.166. The highest BCUT2D eigenvalue weighted by molar-refractivity contribution is 5.76. The lowest BCUT2D eigenvalue weighted by Crippen LogP contribution is -2.37. The third kappa shape index (κ3) is 5.87. The standard InChI is InChI=1S/C14H25N3O2/c1-12(2)10-16(7-8-19-4)14(18)5-6-17-11-13(3)9-15-17/h9,11-12H,5-8,10H2,1-4H3. The molecule has 19 heavy (non-hydrogen) atoms. The third-order valence-electron chi connectivity index (χ3n) is 2.82. The number of rotatable bonds is 8. The Bertz CT molecular complexity index is 388. The summed E-state index contributed by atoms with van der Waals surface area (Å²) >= 11 is 0. The first kappa shape index (κ1) is 15.7. The number of carbonyl (C=O) groups excluding carboxylic acids is 1. The summed E-state index contributed by atoms with van der Waals surface area (Å²) < 4.78 is 6.88. The van der Waals surface area contributed by atoms with Crippen LogP contribution in [0.1, 0.15) is 25.8 Å². The van der Waals surface area contributed by atoms with Crippen LogP contribution in [0.15, 0.2) is 12.4 Å². The Hall–Kier alpha value is -1.36. The molecule has 0 saturated carbocycles. The van der Waals surface area contributed by atoms with Gasteiger partial charge in [0, 0.05) is 39.4 Å². The fourth-order valence-electron chi connectivity index (χ4n) is 1.92. The number of nitrogens with zero attached hydrogens (tertiary/aromatic N) is 3. The molecule has 0 aliphatic rings. The van der Waals surface area contributed by atoms with Gasteiger partial charge in [0.25, 0.3) is 0 Å². The Labute approximate surface area is 115 Å². The van der Waals surface area contributed by atoms with Crippen LogP contribution < -0.4 is 0 Å². The van der Waals surface area contributed by atoms with Gasteiger partial charge >= 0.3 is 0 Å². The van der Waals surface area contributed by atoms with E-state index < -0.39 is 0 Å². The van der Waals surface area contributed by atoms with Crippen molar-refractivity contribution in [3.8, 4) is 0 Å². The van der Waals surface area contributed by atoms with Crippen molar-refractivity contribution in [2.24, 2.45) is 5.92 Å². The predicted octanol–water partition coefficient (Wildman–Crippen LogP) is 1.71. The average molecular weight is 267 g/mol. The molecule has 0 N–H and O–H groups in total. The largest absolute Gasteiger partial charge is 0.383 e. The van der Waals surface area contributed by atoms with Crippen LogP contribution in [0.5, 0.6) is 0 Å². The molecule has 0 radical (unpaired) electrons. The van der Waals surface area contributed by atoms with Crippen LogP contribution in [0.2, 0.25) is 0 Å². The molecule has 0 unspecified atom stereocenters. The van der Waals surface area contributed by atoms with Gasteiger partial charge in [0.2, 0.25) is 5.91 Å². The minimum atomic E-state index is 0.166. The third-order valence-corrected chi connectivity index (χ3v) is 2.82. The van der Waals surface area contributed by atoms with E-state index in [1.165, 1.54) is 0 Å². The molecule has 1 aromatic rings. The maximum atomic E-state index is 12.2. The SMILES string of the molecule is COCCN(CC(C)C)C(=O)CCn1cc(C)cn1.